The number of rotatable bonds is 4. The minimum absolute atomic E-state index is 0.00335. The van der Waals surface area contributed by atoms with Gasteiger partial charge >= 0.3 is 0 Å². The molecule has 4 rings (SSSR count). The Morgan fingerprint density at radius 3 is 1.76 bits per heavy atom. The molecule has 4 aromatic rings. The van der Waals surface area contributed by atoms with Crippen LogP contribution in [0.1, 0.15) is 51.6 Å². The average Bonchev–Trinajstić information content (AvgIpc) is 3.37. The molecule has 172 valence electrons. The molecule has 0 fully saturated rings. The van der Waals surface area contributed by atoms with Gasteiger partial charge in [0, 0.05) is 24.0 Å². The quantitative estimate of drug-likeness (QED) is 0.341. The van der Waals surface area contributed by atoms with Crippen LogP contribution in [0.2, 0.25) is 0 Å². The van der Waals surface area contributed by atoms with Crippen LogP contribution in [-0.4, -0.2) is 19.6 Å². The Kier molecular flexibility index (Phi) is 5.42. The third kappa shape index (κ3) is 4.05. The van der Waals surface area contributed by atoms with Gasteiger partial charge in [0.1, 0.15) is 23.0 Å². The van der Waals surface area contributed by atoms with Crippen molar-refractivity contribution in [2.45, 2.75) is 45.4 Å². The number of aromatic nitrogens is 4. The van der Waals surface area contributed by atoms with E-state index in [1.165, 1.54) is 27.6 Å². The fourth-order valence-electron chi connectivity index (χ4n) is 3.79. The maximum absolute atomic E-state index is 15.2. The standard InChI is InChI=1S/C25H24F4N4/c1-24(2,3)22-16(27)7-9-19(23(22)29)33-13-11-21(31-33)25(4,5)20-10-12-32(30-20)18-8-6-15(26)14-17(18)28/h6-14H,1-5H3. The van der Waals surface area contributed by atoms with Gasteiger partial charge in [-0.3, -0.25) is 0 Å². The topological polar surface area (TPSA) is 35.6 Å². The van der Waals surface area contributed by atoms with Crippen LogP contribution in [0.3, 0.4) is 0 Å². The van der Waals surface area contributed by atoms with Gasteiger partial charge in [0.2, 0.25) is 0 Å². The first-order chi connectivity index (χ1) is 15.4. The molecule has 0 atom stereocenters. The highest BCUT2D eigenvalue weighted by molar-refractivity contribution is 5.42. The van der Waals surface area contributed by atoms with E-state index in [2.05, 4.69) is 10.2 Å². The van der Waals surface area contributed by atoms with Gasteiger partial charge in [0.15, 0.2) is 11.6 Å². The lowest BCUT2D eigenvalue weighted by Gasteiger charge is -2.22. The van der Waals surface area contributed by atoms with Crippen LogP contribution >= 0.6 is 0 Å². The van der Waals surface area contributed by atoms with E-state index in [0.29, 0.717) is 11.4 Å². The summed E-state index contributed by atoms with van der Waals surface area (Å²) in [6.45, 7) is 9.01. The Bertz CT molecular complexity index is 1330. The Hall–Kier alpha value is -3.42. The van der Waals surface area contributed by atoms with Crippen LogP contribution in [0.15, 0.2) is 54.9 Å². The summed E-state index contributed by atoms with van der Waals surface area (Å²) in [7, 11) is 0. The Morgan fingerprint density at radius 1 is 0.667 bits per heavy atom. The van der Waals surface area contributed by atoms with Crippen molar-refractivity contribution in [3.8, 4) is 11.4 Å². The van der Waals surface area contributed by atoms with Crippen molar-refractivity contribution < 1.29 is 17.6 Å². The second-order valence-electron chi connectivity index (χ2n) is 9.52. The summed E-state index contributed by atoms with van der Waals surface area (Å²) in [5, 5.41) is 8.99. The van der Waals surface area contributed by atoms with Crippen LogP contribution in [0.5, 0.6) is 0 Å². The normalized spacial score (nSPS) is 12.4. The Labute approximate surface area is 189 Å². The molecule has 0 amide bonds. The molecule has 0 unspecified atom stereocenters. The van der Waals surface area contributed by atoms with Crippen LogP contribution < -0.4 is 0 Å². The number of hydrogen-bond donors (Lipinski definition) is 0. The first-order valence-electron chi connectivity index (χ1n) is 10.5. The van der Waals surface area contributed by atoms with Gasteiger partial charge in [0.05, 0.1) is 16.8 Å². The third-order valence-corrected chi connectivity index (χ3v) is 5.68. The molecule has 0 bridgehead atoms. The van der Waals surface area contributed by atoms with E-state index in [9.17, 15) is 13.2 Å². The Balaban J connectivity index is 1.70. The number of benzene rings is 2. The second kappa shape index (κ2) is 7.86. The van der Waals surface area contributed by atoms with Crippen molar-refractivity contribution >= 4 is 0 Å². The molecule has 0 aliphatic rings. The summed E-state index contributed by atoms with van der Waals surface area (Å²) in [5.74, 6) is -2.66. The van der Waals surface area contributed by atoms with Crippen molar-refractivity contribution in [3.63, 3.8) is 0 Å². The zero-order chi connectivity index (χ0) is 24.1. The van der Waals surface area contributed by atoms with E-state index in [-0.39, 0.29) is 16.9 Å². The number of hydrogen-bond acceptors (Lipinski definition) is 2. The van der Waals surface area contributed by atoms with Crippen molar-refractivity contribution in [3.05, 3.63) is 95.1 Å². The lowest BCUT2D eigenvalue weighted by molar-refractivity contribution is 0.471. The van der Waals surface area contributed by atoms with E-state index < -0.39 is 34.1 Å². The van der Waals surface area contributed by atoms with E-state index in [1.54, 1.807) is 45.3 Å². The molecule has 2 aromatic carbocycles. The fourth-order valence-corrected chi connectivity index (χ4v) is 3.79. The molecule has 0 aliphatic heterocycles. The highest BCUT2D eigenvalue weighted by Crippen LogP contribution is 2.33. The summed E-state index contributed by atoms with van der Waals surface area (Å²) >= 11 is 0. The predicted octanol–water partition coefficient (Wildman–Crippen LogP) is 6.24. The van der Waals surface area contributed by atoms with Gasteiger partial charge in [-0.1, -0.05) is 20.8 Å². The summed E-state index contributed by atoms with van der Waals surface area (Å²) in [6.07, 6.45) is 3.19. The first kappa shape index (κ1) is 22.8. The Morgan fingerprint density at radius 2 is 1.21 bits per heavy atom. The van der Waals surface area contributed by atoms with E-state index in [4.69, 9.17) is 0 Å². The molecule has 0 aliphatic carbocycles. The summed E-state index contributed by atoms with van der Waals surface area (Å²) in [6, 6.07) is 9.32. The summed E-state index contributed by atoms with van der Waals surface area (Å²) < 4.78 is 59.6. The average molecular weight is 456 g/mol. The molecule has 33 heavy (non-hydrogen) atoms. The second-order valence-corrected chi connectivity index (χ2v) is 9.52. The van der Waals surface area contributed by atoms with E-state index >= 15 is 4.39 Å². The SMILES string of the molecule is CC(C)(C)c1c(F)ccc(-n2ccc(C(C)(C)c3ccn(-c4ccc(F)cc4F)n3)n2)c1F. The molecule has 0 saturated heterocycles. The van der Waals surface area contributed by atoms with E-state index in [1.807, 2.05) is 13.8 Å². The van der Waals surface area contributed by atoms with E-state index in [0.717, 1.165) is 12.1 Å². The van der Waals surface area contributed by atoms with Gasteiger partial charge in [-0.25, -0.2) is 26.9 Å². The predicted molar refractivity (Wildman–Crippen MR) is 118 cm³/mol. The highest BCUT2D eigenvalue weighted by atomic mass is 19.1. The van der Waals surface area contributed by atoms with Crippen LogP contribution in [0, 0.1) is 23.3 Å². The number of nitrogens with zero attached hydrogens (tertiary/aromatic N) is 4. The van der Waals surface area contributed by atoms with Crippen LogP contribution in [0.25, 0.3) is 11.4 Å². The minimum atomic E-state index is -0.729. The van der Waals surface area contributed by atoms with Crippen molar-refractivity contribution in [2.24, 2.45) is 0 Å². The lowest BCUT2D eigenvalue weighted by Crippen LogP contribution is -2.22. The summed E-state index contributed by atoms with van der Waals surface area (Å²) in [5.41, 5.74) is 0.00340. The fraction of sp³-hybridized carbons (Fsp3) is 0.280. The van der Waals surface area contributed by atoms with Gasteiger partial charge in [-0.05, 0) is 55.7 Å². The van der Waals surface area contributed by atoms with Crippen LogP contribution in [-0.2, 0) is 10.8 Å². The molecule has 0 saturated carbocycles. The van der Waals surface area contributed by atoms with Gasteiger partial charge in [-0.2, -0.15) is 10.2 Å². The highest BCUT2D eigenvalue weighted by Gasteiger charge is 2.30. The lowest BCUT2D eigenvalue weighted by atomic mass is 9.86. The van der Waals surface area contributed by atoms with Crippen LogP contribution in [0.4, 0.5) is 17.6 Å². The molecule has 2 heterocycles. The molecule has 0 spiro atoms. The zero-order valence-electron chi connectivity index (χ0n) is 19.0. The monoisotopic (exact) mass is 456 g/mol. The largest absolute Gasteiger partial charge is 0.238 e. The zero-order valence-corrected chi connectivity index (χ0v) is 19.0. The smallest absolute Gasteiger partial charge is 0.155 e. The molecule has 4 nitrogen and oxygen atoms in total. The maximum atomic E-state index is 15.2. The van der Waals surface area contributed by atoms with Crippen molar-refractivity contribution in [1.82, 2.24) is 19.6 Å². The molecule has 0 N–H and O–H groups in total. The number of halogens is 4. The molecular weight excluding hydrogens is 432 g/mol. The molecular formula is C25H24F4N4. The minimum Gasteiger partial charge on any atom is -0.238 e. The van der Waals surface area contributed by atoms with Crippen molar-refractivity contribution in [1.29, 1.82) is 0 Å². The third-order valence-electron chi connectivity index (χ3n) is 5.68. The first-order valence-corrected chi connectivity index (χ1v) is 10.5. The maximum Gasteiger partial charge on any atom is 0.155 e. The van der Waals surface area contributed by atoms with Gasteiger partial charge in [-0.15, -0.1) is 0 Å². The van der Waals surface area contributed by atoms with Gasteiger partial charge < -0.3 is 0 Å². The molecule has 0 radical (unpaired) electrons. The van der Waals surface area contributed by atoms with Crippen molar-refractivity contribution in [2.75, 3.05) is 0 Å². The molecule has 2 aromatic heterocycles. The summed E-state index contributed by atoms with van der Waals surface area (Å²) in [4.78, 5) is 0. The van der Waals surface area contributed by atoms with Gasteiger partial charge in [0.25, 0.3) is 0 Å². The molecule has 8 heteroatoms.